The van der Waals surface area contributed by atoms with Crippen LogP contribution in [0.5, 0.6) is 0 Å². The predicted octanol–water partition coefficient (Wildman–Crippen LogP) is 2.29. The summed E-state index contributed by atoms with van der Waals surface area (Å²) in [6, 6.07) is 0. The van der Waals surface area contributed by atoms with Gasteiger partial charge in [-0.05, 0) is 44.2 Å². The highest BCUT2D eigenvalue weighted by molar-refractivity contribution is 6.02. The number of rotatable bonds is 4. The van der Waals surface area contributed by atoms with E-state index in [9.17, 15) is 9.59 Å². The number of nitrogens with zero attached hydrogens (tertiary/aromatic N) is 1. The molecule has 3 nitrogen and oxygen atoms in total. The van der Waals surface area contributed by atoms with E-state index in [4.69, 9.17) is 0 Å². The third kappa shape index (κ3) is 2.82. The van der Waals surface area contributed by atoms with E-state index >= 15 is 0 Å². The van der Waals surface area contributed by atoms with Crippen molar-refractivity contribution in [3.63, 3.8) is 0 Å². The van der Waals surface area contributed by atoms with Crippen molar-refractivity contribution in [2.24, 2.45) is 17.8 Å². The smallest absolute Gasteiger partial charge is 0.143 e. The maximum atomic E-state index is 12.0. The van der Waals surface area contributed by atoms with Crippen molar-refractivity contribution in [3.05, 3.63) is 0 Å². The van der Waals surface area contributed by atoms with Gasteiger partial charge in [-0.25, -0.2) is 0 Å². The van der Waals surface area contributed by atoms with Crippen molar-refractivity contribution >= 4 is 11.6 Å². The molecule has 2 fully saturated rings. The van der Waals surface area contributed by atoms with Gasteiger partial charge in [-0.15, -0.1) is 0 Å². The van der Waals surface area contributed by atoms with Gasteiger partial charge in [0.15, 0.2) is 0 Å². The van der Waals surface area contributed by atoms with Gasteiger partial charge in [0.25, 0.3) is 0 Å². The van der Waals surface area contributed by atoms with Crippen LogP contribution >= 0.6 is 0 Å². The first-order valence-corrected chi connectivity index (χ1v) is 7.43. The molecule has 2 aliphatic rings. The van der Waals surface area contributed by atoms with Crippen LogP contribution in [0.1, 0.15) is 46.0 Å². The van der Waals surface area contributed by atoms with Gasteiger partial charge in [0.05, 0.1) is 5.92 Å². The van der Waals surface area contributed by atoms with Gasteiger partial charge in [-0.2, -0.15) is 0 Å². The zero-order chi connectivity index (χ0) is 13.1. The average Bonchev–Trinajstić information content (AvgIpc) is 2.38. The summed E-state index contributed by atoms with van der Waals surface area (Å²) in [7, 11) is 0. The largest absolute Gasteiger partial charge is 0.303 e. The summed E-state index contributed by atoms with van der Waals surface area (Å²) < 4.78 is 0. The minimum absolute atomic E-state index is 0.158. The fourth-order valence-electron chi connectivity index (χ4n) is 3.60. The summed E-state index contributed by atoms with van der Waals surface area (Å²) in [6.45, 7) is 7.46. The van der Waals surface area contributed by atoms with E-state index in [1.54, 1.807) is 0 Å². The number of likely N-dealkylation sites (tertiary alicyclic amines) is 1. The molecule has 0 N–H and O–H groups in total. The van der Waals surface area contributed by atoms with Crippen molar-refractivity contribution in [1.82, 2.24) is 4.90 Å². The Bertz CT molecular complexity index is 326. The molecule has 0 aromatic heterocycles. The summed E-state index contributed by atoms with van der Waals surface area (Å²) in [5, 5.41) is 0. The Kier molecular flexibility index (Phi) is 4.55. The second-order valence-electron chi connectivity index (χ2n) is 5.89. The van der Waals surface area contributed by atoms with Crippen LogP contribution in [0.4, 0.5) is 0 Å². The highest BCUT2D eigenvalue weighted by atomic mass is 16.1. The molecule has 0 amide bonds. The van der Waals surface area contributed by atoms with Gasteiger partial charge in [0.1, 0.15) is 11.6 Å². The number of carbonyl (C=O) groups is 2. The lowest BCUT2D eigenvalue weighted by Gasteiger charge is -2.42. The first-order valence-electron chi connectivity index (χ1n) is 7.43. The minimum atomic E-state index is -0.280. The molecule has 102 valence electrons. The quantitative estimate of drug-likeness (QED) is 0.719. The second kappa shape index (κ2) is 5.96. The Morgan fingerprint density at radius 1 is 1.33 bits per heavy atom. The topological polar surface area (TPSA) is 37.4 Å². The van der Waals surface area contributed by atoms with E-state index in [0.717, 1.165) is 32.5 Å². The lowest BCUT2D eigenvalue weighted by molar-refractivity contribution is -0.138. The number of hydrogen-bond donors (Lipinski definition) is 0. The molecular weight excluding hydrogens is 226 g/mol. The van der Waals surface area contributed by atoms with Gasteiger partial charge >= 0.3 is 0 Å². The summed E-state index contributed by atoms with van der Waals surface area (Å²) in [6.07, 6.45) is 4.31. The van der Waals surface area contributed by atoms with Crippen molar-refractivity contribution in [1.29, 1.82) is 0 Å². The lowest BCUT2D eigenvalue weighted by atomic mass is 9.69. The highest BCUT2D eigenvalue weighted by Crippen LogP contribution is 2.37. The molecule has 1 saturated carbocycles. The van der Waals surface area contributed by atoms with Gasteiger partial charge in [-0.3, -0.25) is 9.59 Å². The Labute approximate surface area is 110 Å². The third-order valence-corrected chi connectivity index (χ3v) is 4.64. The van der Waals surface area contributed by atoms with Crippen molar-refractivity contribution < 1.29 is 9.59 Å². The summed E-state index contributed by atoms with van der Waals surface area (Å²) >= 11 is 0. The molecule has 0 radical (unpaired) electrons. The van der Waals surface area contributed by atoms with Crippen molar-refractivity contribution in [2.75, 3.05) is 19.6 Å². The fraction of sp³-hybridized carbons (Fsp3) is 0.867. The van der Waals surface area contributed by atoms with Crippen LogP contribution in [0.3, 0.4) is 0 Å². The van der Waals surface area contributed by atoms with Crippen molar-refractivity contribution in [2.45, 2.75) is 46.0 Å². The molecule has 3 unspecified atom stereocenters. The molecule has 0 aromatic carbocycles. The Balaban J connectivity index is 1.99. The first-order chi connectivity index (χ1) is 8.65. The van der Waals surface area contributed by atoms with Crippen LogP contribution in [0.25, 0.3) is 0 Å². The normalized spacial score (nSPS) is 33.2. The fourth-order valence-corrected chi connectivity index (χ4v) is 3.60. The molecule has 3 atom stereocenters. The Hall–Kier alpha value is -0.700. The second-order valence-corrected chi connectivity index (χ2v) is 5.89. The maximum absolute atomic E-state index is 12.0. The monoisotopic (exact) mass is 251 g/mol. The molecule has 1 aliphatic heterocycles. The van der Waals surface area contributed by atoms with Crippen LogP contribution in [0.15, 0.2) is 0 Å². The molecule has 1 aliphatic carbocycles. The van der Waals surface area contributed by atoms with Crippen molar-refractivity contribution in [3.8, 4) is 0 Å². The molecular formula is C15H25NO2. The number of fused-ring (bicyclic) bond motifs is 1. The molecule has 18 heavy (non-hydrogen) atoms. The number of Topliss-reactive ketones (excluding diaryl/α,β-unsaturated/α-hetero) is 2. The zero-order valence-corrected chi connectivity index (χ0v) is 11.7. The van der Waals surface area contributed by atoms with Crippen LogP contribution in [-0.4, -0.2) is 36.1 Å². The van der Waals surface area contributed by atoms with E-state index in [1.165, 1.54) is 6.42 Å². The molecule has 3 heteroatoms. The summed E-state index contributed by atoms with van der Waals surface area (Å²) in [5.74, 6) is 1.21. The van der Waals surface area contributed by atoms with Crippen LogP contribution < -0.4 is 0 Å². The highest BCUT2D eigenvalue weighted by Gasteiger charge is 2.40. The Morgan fingerprint density at radius 2 is 2.11 bits per heavy atom. The lowest BCUT2D eigenvalue weighted by Crippen LogP contribution is -2.46. The van der Waals surface area contributed by atoms with E-state index in [1.807, 2.05) is 6.92 Å². The number of carbonyl (C=O) groups excluding carboxylic acids is 2. The summed E-state index contributed by atoms with van der Waals surface area (Å²) in [5.41, 5.74) is 0. The standard InChI is InChI=1S/C15H25NO2/c1-3-6-16-7-5-11-9-15(18)13(14(17)4-2)8-12(11)10-16/h11-13H,3-10H2,1-2H3. The van der Waals surface area contributed by atoms with E-state index in [0.29, 0.717) is 24.7 Å². The first kappa shape index (κ1) is 13.7. The van der Waals surface area contributed by atoms with Crippen LogP contribution in [0.2, 0.25) is 0 Å². The van der Waals surface area contributed by atoms with Gasteiger partial charge in [0.2, 0.25) is 0 Å². The predicted molar refractivity (Wildman–Crippen MR) is 71.4 cm³/mol. The van der Waals surface area contributed by atoms with Crippen LogP contribution in [0, 0.1) is 17.8 Å². The SMILES string of the molecule is CCCN1CCC2CC(=O)C(C(=O)CC)CC2C1. The molecule has 0 aromatic rings. The number of ketones is 2. The van der Waals surface area contributed by atoms with Gasteiger partial charge in [-0.1, -0.05) is 13.8 Å². The maximum Gasteiger partial charge on any atom is 0.143 e. The number of hydrogen-bond acceptors (Lipinski definition) is 3. The van der Waals surface area contributed by atoms with E-state index in [2.05, 4.69) is 11.8 Å². The van der Waals surface area contributed by atoms with Gasteiger partial charge in [0, 0.05) is 19.4 Å². The third-order valence-electron chi connectivity index (χ3n) is 4.64. The summed E-state index contributed by atoms with van der Waals surface area (Å²) in [4.78, 5) is 26.4. The molecule has 0 bridgehead atoms. The minimum Gasteiger partial charge on any atom is -0.303 e. The Morgan fingerprint density at radius 3 is 2.78 bits per heavy atom. The van der Waals surface area contributed by atoms with Gasteiger partial charge < -0.3 is 4.90 Å². The van der Waals surface area contributed by atoms with E-state index < -0.39 is 0 Å². The zero-order valence-electron chi connectivity index (χ0n) is 11.7. The van der Waals surface area contributed by atoms with E-state index in [-0.39, 0.29) is 17.5 Å². The number of piperidine rings is 1. The molecule has 0 spiro atoms. The average molecular weight is 251 g/mol. The molecule has 1 heterocycles. The van der Waals surface area contributed by atoms with Crippen LogP contribution in [-0.2, 0) is 9.59 Å². The molecule has 2 rings (SSSR count). The molecule has 1 saturated heterocycles.